The molecule has 0 unspecified atom stereocenters. The van der Waals surface area contributed by atoms with E-state index in [0.29, 0.717) is 18.7 Å². The molecule has 108 valence electrons. The van der Waals surface area contributed by atoms with E-state index in [-0.39, 0.29) is 11.3 Å². The summed E-state index contributed by atoms with van der Waals surface area (Å²) >= 11 is 1.68. The van der Waals surface area contributed by atoms with Gasteiger partial charge in [0.15, 0.2) is 0 Å². The molecule has 0 radical (unpaired) electrons. The lowest BCUT2D eigenvalue weighted by atomic mass is 9.73. The Labute approximate surface area is 128 Å². The summed E-state index contributed by atoms with van der Waals surface area (Å²) in [6.45, 7) is 2.08. The number of carbonyl (C=O) groups excluding carboxylic acids is 1. The van der Waals surface area contributed by atoms with Crippen LogP contribution in [0.4, 0.5) is 0 Å². The number of carbonyl (C=O) groups is 1. The van der Waals surface area contributed by atoms with Gasteiger partial charge in [0.05, 0.1) is 0 Å². The molecule has 1 saturated heterocycles. The summed E-state index contributed by atoms with van der Waals surface area (Å²) < 4.78 is 0. The first-order valence-electron chi connectivity index (χ1n) is 6.97. The summed E-state index contributed by atoms with van der Waals surface area (Å²) in [6.07, 6.45) is 1.06. The zero-order chi connectivity index (χ0) is 15.0. The number of hydrogen-bond acceptors (Lipinski definition) is 3. The summed E-state index contributed by atoms with van der Waals surface area (Å²) in [6, 6.07) is 10.5. The molecule has 1 amide bonds. The summed E-state index contributed by atoms with van der Waals surface area (Å²) in [7, 11) is 1.69. The van der Waals surface area contributed by atoms with Crippen molar-refractivity contribution >= 4 is 23.1 Å². The van der Waals surface area contributed by atoms with Crippen LogP contribution in [-0.2, 0) is 10.2 Å². The van der Waals surface area contributed by atoms with Crippen molar-refractivity contribution in [1.29, 1.82) is 5.41 Å². The van der Waals surface area contributed by atoms with Gasteiger partial charge in [0.1, 0.15) is 5.84 Å². The molecule has 2 aromatic rings. The summed E-state index contributed by atoms with van der Waals surface area (Å²) in [5.41, 5.74) is 3.23. The van der Waals surface area contributed by atoms with Gasteiger partial charge in [-0.3, -0.25) is 10.2 Å². The van der Waals surface area contributed by atoms with Crippen LogP contribution in [0.15, 0.2) is 41.1 Å². The number of amidine groups is 1. The van der Waals surface area contributed by atoms with Crippen molar-refractivity contribution < 1.29 is 4.79 Å². The molecule has 0 aliphatic carbocycles. The number of piperidine rings is 1. The lowest BCUT2D eigenvalue weighted by Crippen LogP contribution is -2.46. The van der Waals surface area contributed by atoms with Crippen molar-refractivity contribution in [2.75, 3.05) is 7.05 Å². The van der Waals surface area contributed by atoms with Gasteiger partial charge in [0.25, 0.3) is 0 Å². The lowest BCUT2D eigenvalue weighted by molar-refractivity contribution is -0.128. The van der Waals surface area contributed by atoms with Crippen LogP contribution >= 0.6 is 11.3 Å². The number of benzene rings is 1. The number of likely N-dealkylation sites (tertiary alicyclic amines) is 1. The molecule has 1 aromatic carbocycles. The second-order valence-corrected chi connectivity index (χ2v) is 6.69. The van der Waals surface area contributed by atoms with Crippen LogP contribution in [0.25, 0.3) is 11.1 Å². The monoisotopic (exact) mass is 298 g/mol. The number of nitrogens with one attached hydrogen (secondary N) is 1. The topological polar surface area (TPSA) is 44.2 Å². The molecular weight excluding hydrogens is 280 g/mol. The van der Waals surface area contributed by atoms with Crippen LogP contribution in [-0.4, -0.2) is 23.7 Å². The van der Waals surface area contributed by atoms with Gasteiger partial charge in [-0.25, -0.2) is 0 Å². The normalized spacial score (nSPS) is 22.7. The smallest absolute Gasteiger partial charge is 0.228 e. The SMILES string of the molecule is CN1C(=N)C[C@](C)(c2cccc(-c3ccsc3)c2)CC1=O. The molecule has 0 bridgehead atoms. The molecule has 3 rings (SSSR count). The third-order valence-corrected chi connectivity index (χ3v) is 4.98. The Bertz CT molecular complexity index is 673. The molecule has 2 heterocycles. The Hall–Kier alpha value is -1.94. The van der Waals surface area contributed by atoms with E-state index in [1.165, 1.54) is 16.0 Å². The van der Waals surface area contributed by atoms with E-state index < -0.39 is 0 Å². The standard InChI is InChI=1S/C17H18N2OS/c1-17(9-15(18)19(2)16(20)10-17)14-5-3-4-12(8-14)13-6-7-21-11-13/h3-8,11,18H,9-10H2,1-2H3/t17-/m0/s1. The minimum Gasteiger partial charge on any atom is -0.304 e. The first-order chi connectivity index (χ1) is 9.99. The summed E-state index contributed by atoms with van der Waals surface area (Å²) in [5, 5.41) is 12.2. The average molecular weight is 298 g/mol. The van der Waals surface area contributed by atoms with E-state index in [4.69, 9.17) is 5.41 Å². The Kier molecular flexibility index (Phi) is 3.41. The number of hydrogen-bond donors (Lipinski definition) is 1. The predicted octanol–water partition coefficient (Wildman–Crippen LogP) is 3.90. The first kappa shape index (κ1) is 14.0. The van der Waals surface area contributed by atoms with Gasteiger partial charge in [-0.05, 0) is 33.5 Å². The maximum absolute atomic E-state index is 12.1. The predicted molar refractivity (Wildman–Crippen MR) is 86.8 cm³/mol. The van der Waals surface area contributed by atoms with Crippen LogP contribution in [0.3, 0.4) is 0 Å². The maximum atomic E-state index is 12.1. The van der Waals surface area contributed by atoms with Crippen molar-refractivity contribution in [3.05, 3.63) is 46.7 Å². The highest BCUT2D eigenvalue weighted by molar-refractivity contribution is 7.08. The number of amides is 1. The van der Waals surface area contributed by atoms with E-state index in [1.54, 1.807) is 18.4 Å². The third-order valence-electron chi connectivity index (χ3n) is 4.29. The highest BCUT2D eigenvalue weighted by atomic mass is 32.1. The highest BCUT2D eigenvalue weighted by Crippen LogP contribution is 2.37. The van der Waals surface area contributed by atoms with E-state index in [2.05, 4.69) is 41.9 Å². The van der Waals surface area contributed by atoms with Crippen molar-refractivity contribution in [1.82, 2.24) is 4.90 Å². The van der Waals surface area contributed by atoms with Crippen LogP contribution < -0.4 is 0 Å². The van der Waals surface area contributed by atoms with Crippen molar-refractivity contribution in [3.63, 3.8) is 0 Å². The van der Waals surface area contributed by atoms with Crippen LogP contribution in [0, 0.1) is 5.41 Å². The molecule has 1 aromatic heterocycles. The van der Waals surface area contributed by atoms with E-state index in [0.717, 1.165) is 5.56 Å². The summed E-state index contributed by atoms with van der Waals surface area (Å²) in [5.74, 6) is 0.421. The zero-order valence-corrected chi connectivity index (χ0v) is 13.0. The van der Waals surface area contributed by atoms with E-state index >= 15 is 0 Å². The van der Waals surface area contributed by atoms with Crippen LogP contribution in [0.1, 0.15) is 25.3 Å². The molecule has 1 aliphatic heterocycles. The quantitative estimate of drug-likeness (QED) is 0.897. The fourth-order valence-corrected chi connectivity index (χ4v) is 3.53. The largest absolute Gasteiger partial charge is 0.304 e. The molecule has 0 spiro atoms. The Morgan fingerprint density at radius 2 is 2.05 bits per heavy atom. The molecule has 1 atom stereocenters. The third kappa shape index (κ3) is 2.51. The highest BCUT2D eigenvalue weighted by Gasteiger charge is 2.38. The van der Waals surface area contributed by atoms with Crippen molar-refractivity contribution in [2.45, 2.75) is 25.2 Å². The summed E-state index contributed by atoms with van der Waals surface area (Å²) in [4.78, 5) is 13.6. The molecule has 1 aliphatic rings. The van der Waals surface area contributed by atoms with Gasteiger partial charge in [-0.15, -0.1) is 0 Å². The molecular formula is C17H18N2OS. The Morgan fingerprint density at radius 1 is 1.24 bits per heavy atom. The minimum absolute atomic E-state index is 0.0229. The second-order valence-electron chi connectivity index (χ2n) is 5.91. The fourth-order valence-electron chi connectivity index (χ4n) is 2.86. The second kappa shape index (κ2) is 5.11. The molecule has 21 heavy (non-hydrogen) atoms. The lowest BCUT2D eigenvalue weighted by Gasteiger charge is -2.38. The average Bonchev–Trinajstić information content (AvgIpc) is 2.99. The fraction of sp³-hybridized carbons (Fsp3) is 0.294. The van der Waals surface area contributed by atoms with Crippen LogP contribution in [0.2, 0.25) is 0 Å². The van der Waals surface area contributed by atoms with Gasteiger partial charge in [0.2, 0.25) is 5.91 Å². The van der Waals surface area contributed by atoms with Gasteiger partial charge in [-0.1, -0.05) is 31.2 Å². The number of nitrogens with zero attached hydrogens (tertiary/aromatic N) is 1. The Balaban J connectivity index is 1.98. The Morgan fingerprint density at radius 3 is 2.71 bits per heavy atom. The molecule has 1 N–H and O–H groups in total. The van der Waals surface area contributed by atoms with Gasteiger partial charge >= 0.3 is 0 Å². The van der Waals surface area contributed by atoms with Gasteiger partial charge < -0.3 is 4.90 Å². The zero-order valence-electron chi connectivity index (χ0n) is 12.2. The van der Waals surface area contributed by atoms with Crippen molar-refractivity contribution in [3.8, 4) is 11.1 Å². The minimum atomic E-state index is -0.285. The van der Waals surface area contributed by atoms with E-state index in [1.807, 2.05) is 6.07 Å². The van der Waals surface area contributed by atoms with Crippen LogP contribution in [0.5, 0.6) is 0 Å². The van der Waals surface area contributed by atoms with Gasteiger partial charge in [0, 0.05) is 25.3 Å². The number of rotatable bonds is 2. The van der Waals surface area contributed by atoms with E-state index in [9.17, 15) is 4.79 Å². The van der Waals surface area contributed by atoms with Gasteiger partial charge in [-0.2, -0.15) is 11.3 Å². The van der Waals surface area contributed by atoms with Crippen molar-refractivity contribution in [2.24, 2.45) is 0 Å². The number of thiophene rings is 1. The molecule has 3 nitrogen and oxygen atoms in total. The first-order valence-corrected chi connectivity index (χ1v) is 7.91. The maximum Gasteiger partial charge on any atom is 0.228 e. The molecule has 1 fully saturated rings. The molecule has 4 heteroatoms. The molecule has 0 saturated carbocycles.